The van der Waals surface area contributed by atoms with Crippen LogP contribution in [0.1, 0.15) is 5.56 Å². The summed E-state index contributed by atoms with van der Waals surface area (Å²) < 4.78 is 37.6. The zero-order valence-corrected chi connectivity index (χ0v) is 9.93. The van der Waals surface area contributed by atoms with Crippen molar-refractivity contribution in [2.75, 3.05) is 0 Å². The number of rotatable bonds is 2. The van der Waals surface area contributed by atoms with Gasteiger partial charge >= 0.3 is 6.18 Å². The summed E-state index contributed by atoms with van der Waals surface area (Å²) >= 11 is 1.44. The first kappa shape index (κ1) is 13.5. The van der Waals surface area contributed by atoms with Crippen LogP contribution in [0.4, 0.5) is 24.5 Å². The average Bonchev–Trinajstić information content (AvgIpc) is 2.18. The van der Waals surface area contributed by atoms with Crippen LogP contribution in [0.25, 0.3) is 10.4 Å². The molecule has 0 fully saturated rings. The molecule has 0 saturated carbocycles. The minimum Gasteiger partial charge on any atom is -0.258 e. The number of azide groups is 1. The van der Waals surface area contributed by atoms with E-state index in [1.165, 1.54) is 22.6 Å². The average molecular weight is 358 g/mol. The van der Waals surface area contributed by atoms with E-state index in [1.807, 2.05) is 0 Å². The molecular formula is C7H2F3IN4O2. The van der Waals surface area contributed by atoms with Crippen LogP contribution in [0.5, 0.6) is 0 Å². The van der Waals surface area contributed by atoms with Gasteiger partial charge in [0.15, 0.2) is 0 Å². The lowest BCUT2D eigenvalue weighted by Crippen LogP contribution is -2.07. The van der Waals surface area contributed by atoms with Crippen molar-refractivity contribution in [3.05, 3.63) is 41.8 Å². The number of nitro benzene ring substituents is 1. The molecule has 0 bridgehead atoms. The summed E-state index contributed by atoms with van der Waals surface area (Å²) in [4.78, 5) is 11.8. The number of nitrogens with zero attached hydrogens (tertiary/aromatic N) is 4. The molecule has 90 valence electrons. The Balaban J connectivity index is 3.62. The maximum absolute atomic E-state index is 12.6. The second-order valence-corrected chi connectivity index (χ2v) is 3.93. The lowest BCUT2D eigenvalue weighted by molar-refractivity contribution is -0.385. The monoisotopic (exact) mass is 358 g/mol. The number of hydrogen-bond acceptors (Lipinski definition) is 3. The van der Waals surface area contributed by atoms with Crippen LogP contribution < -0.4 is 0 Å². The zero-order valence-electron chi connectivity index (χ0n) is 7.77. The molecule has 1 aromatic carbocycles. The van der Waals surface area contributed by atoms with Crippen molar-refractivity contribution in [2.45, 2.75) is 6.18 Å². The van der Waals surface area contributed by atoms with Gasteiger partial charge in [-0.3, -0.25) is 10.1 Å². The van der Waals surface area contributed by atoms with Crippen molar-refractivity contribution in [1.29, 1.82) is 0 Å². The summed E-state index contributed by atoms with van der Waals surface area (Å²) in [5.74, 6) is 0. The summed E-state index contributed by atoms with van der Waals surface area (Å²) in [6.45, 7) is 0. The molecule has 1 rings (SSSR count). The minimum absolute atomic E-state index is 0.137. The molecule has 1 aromatic rings. The molecule has 0 amide bonds. The Morgan fingerprint density at radius 2 is 2.06 bits per heavy atom. The topological polar surface area (TPSA) is 91.9 Å². The van der Waals surface area contributed by atoms with Crippen molar-refractivity contribution >= 4 is 34.0 Å². The van der Waals surface area contributed by atoms with Crippen molar-refractivity contribution in [3.63, 3.8) is 0 Å². The third-order valence-electron chi connectivity index (χ3n) is 1.71. The fraction of sp³-hybridized carbons (Fsp3) is 0.143. The van der Waals surface area contributed by atoms with Crippen LogP contribution in [-0.4, -0.2) is 4.92 Å². The van der Waals surface area contributed by atoms with Gasteiger partial charge in [-0.1, -0.05) is 5.11 Å². The molecule has 0 aliphatic heterocycles. The summed E-state index contributed by atoms with van der Waals surface area (Å²) in [7, 11) is 0. The molecule has 17 heavy (non-hydrogen) atoms. The summed E-state index contributed by atoms with van der Waals surface area (Å²) in [6.07, 6.45) is -4.82. The molecule has 0 atom stereocenters. The summed E-state index contributed by atoms with van der Waals surface area (Å²) in [5, 5.41) is 13.3. The lowest BCUT2D eigenvalue weighted by atomic mass is 10.1. The second kappa shape index (κ2) is 4.75. The largest absolute Gasteiger partial charge is 0.417 e. The van der Waals surface area contributed by atoms with Gasteiger partial charge in [0, 0.05) is 20.6 Å². The number of hydrogen-bond donors (Lipinski definition) is 0. The van der Waals surface area contributed by atoms with Gasteiger partial charge in [0.25, 0.3) is 5.69 Å². The highest BCUT2D eigenvalue weighted by atomic mass is 127. The highest BCUT2D eigenvalue weighted by molar-refractivity contribution is 14.1. The molecule has 0 aromatic heterocycles. The molecule has 6 nitrogen and oxygen atoms in total. The third-order valence-corrected chi connectivity index (χ3v) is 2.53. The third kappa shape index (κ3) is 2.97. The lowest BCUT2D eigenvalue weighted by Gasteiger charge is -2.10. The van der Waals surface area contributed by atoms with E-state index in [9.17, 15) is 23.3 Å². The Hall–Kier alpha value is -1.55. The van der Waals surface area contributed by atoms with Crippen LogP contribution in [0, 0.1) is 13.7 Å². The van der Waals surface area contributed by atoms with E-state index in [0.29, 0.717) is 6.07 Å². The molecule has 0 heterocycles. The molecule has 0 saturated heterocycles. The zero-order chi connectivity index (χ0) is 13.2. The maximum Gasteiger partial charge on any atom is 0.417 e. The fourth-order valence-corrected chi connectivity index (χ4v) is 1.77. The first-order chi connectivity index (χ1) is 7.77. The Kier molecular flexibility index (Phi) is 3.78. The Morgan fingerprint density at radius 1 is 1.47 bits per heavy atom. The van der Waals surface area contributed by atoms with Crippen LogP contribution in [-0.2, 0) is 6.18 Å². The van der Waals surface area contributed by atoms with Crippen LogP contribution in [0.3, 0.4) is 0 Å². The molecular weight excluding hydrogens is 356 g/mol. The van der Waals surface area contributed by atoms with E-state index in [0.717, 1.165) is 6.07 Å². The number of halogens is 4. The highest BCUT2D eigenvalue weighted by Crippen LogP contribution is 2.41. The number of benzene rings is 1. The highest BCUT2D eigenvalue weighted by Gasteiger charge is 2.36. The number of alkyl halides is 3. The van der Waals surface area contributed by atoms with E-state index in [1.54, 1.807) is 0 Å². The molecule has 0 aliphatic rings. The maximum atomic E-state index is 12.6. The molecule has 10 heteroatoms. The normalized spacial score (nSPS) is 10.8. The minimum atomic E-state index is -4.82. The van der Waals surface area contributed by atoms with Crippen molar-refractivity contribution in [3.8, 4) is 0 Å². The quantitative estimate of drug-likeness (QED) is 0.198. The molecule has 0 unspecified atom stereocenters. The summed E-state index contributed by atoms with van der Waals surface area (Å²) in [6, 6.07) is 1.24. The SMILES string of the molecule is [N-]=[N+]=Nc1c(I)cc([N+](=O)[O-])cc1C(F)(F)F. The molecule has 0 aliphatic carbocycles. The van der Waals surface area contributed by atoms with Gasteiger partial charge in [-0.15, -0.1) is 0 Å². The number of non-ortho nitro benzene ring substituents is 1. The summed E-state index contributed by atoms with van der Waals surface area (Å²) in [5.41, 5.74) is 5.47. The van der Waals surface area contributed by atoms with Crippen molar-refractivity contribution < 1.29 is 18.1 Å². The van der Waals surface area contributed by atoms with Gasteiger partial charge in [-0.05, 0) is 28.1 Å². The Labute approximate surface area is 105 Å². The van der Waals surface area contributed by atoms with Gasteiger partial charge in [-0.25, -0.2) is 0 Å². The van der Waals surface area contributed by atoms with E-state index < -0.39 is 28.0 Å². The first-order valence-corrected chi connectivity index (χ1v) is 4.95. The smallest absolute Gasteiger partial charge is 0.258 e. The molecule has 0 N–H and O–H groups in total. The predicted molar refractivity (Wildman–Crippen MR) is 59.6 cm³/mol. The fourth-order valence-electron chi connectivity index (χ4n) is 1.05. The van der Waals surface area contributed by atoms with Crippen molar-refractivity contribution in [2.24, 2.45) is 5.11 Å². The predicted octanol–water partition coefficient (Wildman–Crippen LogP) is 4.16. The van der Waals surface area contributed by atoms with E-state index in [-0.39, 0.29) is 3.57 Å². The van der Waals surface area contributed by atoms with Crippen molar-refractivity contribution in [1.82, 2.24) is 0 Å². The number of nitro groups is 1. The van der Waals surface area contributed by atoms with E-state index >= 15 is 0 Å². The molecule has 0 spiro atoms. The van der Waals surface area contributed by atoms with Gasteiger partial charge in [0.05, 0.1) is 16.2 Å². The van der Waals surface area contributed by atoms with E-state index in [4.69, 9.17) is 5.53 Å². The van der Waals surface area contributed by atoms with Crippen LogP contribution in [0.2, 0.25) is 0 Å². The van der Waals surface area contributed by atoms with Crippen LogP contribution >= 0.6 is 22.6 Å². The van der Waals surface area contributed by atoms with Gasteiger partial charge < -0.3 is 0 Å². The second-order valence-electron chi connectivity index (χ2n) is 2.77. The van der Waals surface area contributed by atoms with Gasteiger partial charge in [-0.2, -0.15) is 13.2 Å². The Morgan fingerprint density at radius 3 is 2.47 bits per heavy atom. The Bertz CT molecular complexity index is 525. The first-order valence-electron chi connectivity index (χ1n) is 3.87. The van der Waals surface area contributed by atoms with E-state index in [2.05, 4.69) is 10.0 Å². The van der Waals surface area contributed by atoms with Gasteiger partial charge in [0.2, 0.25) is 0 Å². The molecule has 0 radical (unpaired) electrons. The standard InChI is InChI=1S/C7H2F3IN4O2/c8-7(9,10)4-1-3(15(16)17)2-5(11)6(4)13-14-12/h1-2H. The van der Waals surface area contributed by atoms with Gasteiger partial charge in [0.1, 0.15) is 0 Å². The van der Waals surface area contributed by atoms with Crippen LogP contribution in [0.15, 0.2) is 17.2 Å².